The molecule has 2 aromatic carbocycles. The number of phenols is 1. The Hall–Kier alpha value is -2.68. The van der Waals surface area contributed by atoms with Gasteiger partial charge in [0, 0.05) is 23.4 Å². The van der Waals surface area contributed by atoms with Gasteiger partial charge in [-0.25, -0.2) is 0 Å². The third-order valence-corrected chi connectivity index (χ3v) is 3.21. The number of para-hydroxylation sites is 1. The first-order valence-corrected chi connectivity index (χ1v) is 6.42. The maximum Gasteiger partial charge on any atom is 0.150 e. The maximum absolute atomic E-state index is 10.3. The van der Waals surface area contributed by atoms with Gasteiger partial charge in [-0.2, -0.15) is 0 Å². The molecule has 0 saturated heterocycles. The van der Waals surface area contributed by atoms with Gasteiger partial charge in [0.15, 0.2) is 5.75 Å². The van der Waals surface area contributed by atoms with E-state index in [1.807, 2.05) is 55.5 Å². The zero-order chi connectivity index (χ0) is 13.9. The lowest BCUT2D eigenvalue weighted by Gasteiger charge is -2.06. The summed E-state index contributed by atoms with van der Waals surface area (Å²) in [5.41, 5.74) is 3.21. The Morgan fingerprint density at radius 3 is 2.70 bits per heavy atom. The summed E-state index contributed by atoms with van der Waals surface area (Å²) in [5.74, 6) is 0.172. The van der Waals surface area contributed by atoms with Gasteiger partial charge < -0.3 is 5.11 Å². The zero-order valence-electron chi connectivity index (χ0n) is 11.1. The highest BCUT2D eigenvalue weighted by molar-refractivity contribution is 5.97. The van der Waals surface area contributed by atoms with Gasteiger partial charge in [-0.05, 0) is 36.8 Å². The number of hydrogen-bond donors (Lipinski definition) is 1. The predicted molar refractivity (Wildman–Crippen MR) is 81.8 cm³/mol. The SMILES string of the molecule is Cc1cc(C=Nc2ccccc2)c(O)c2ncccc12. The Kier molecular flexibility index (Phi) is 3.17. The smallest absolute Gasteiger partial charge is 0.150 e. The number of benzene rings is 2. The minimum Gasteiger partial charge on any atom is -0.505 e. The second kappa shape index (κ2) is 5.13. The molecule has 0 saturated carbocycles. The summed E-state index contributed by atoms with van der Waals surface area (Å²) < 4.78 is 0. The zero-order valence-corrected chi connectivity index (χ0v) is 11.1. The average molecular weight is 262 g/mol. The van der Waals surface area contributed by atoms with Crippen LogP contribution in [0.25, 0.3) is 10.9 Å². The lowest BCUT2D eigenvalue weighted by Crippen LogP contribution is -1.89. The largest absolute Gasteiger partial charge is 0.505 e. The Morgan fingerprint density at radius 2 is 1.90 bits per heavy atom. The topological polar surface area (TPSA) is 45.5 Å². The number of aromatic hydroxyl groups is 1. The van der Waals surface area contributed by atoms with Crippen molar-refractivity contribution in [2.75, 3.05) is 0 Å². The van der Waals surface area contributed by atoms with Crippen LogP contribution in [0.15, 0.2) is 59.7 Å². The molecule has 20 heavy (non-hydrogen) atoms. The van der Waals surface area contributed by atoms with E-state index in [4.69, 9.17) is 0 Å². The standard InChI is InChI=1S/C17H14N2O/c1-12-10-13(11-19-14-6-3-2-4-7-14)17(20)16-15(12)8-5-9-18-16/h2-11,20H,1H3. The fourth-order valence-electron chi connectivity index (χ4n) is 2.18. The molecule has 0 radical (unpaired) electrons. The van der Waals surface area contributed by atoms with E-state index in [1.54, 1.807) is 12.4 Å². The van der Waals surface area contributed by atoms with E-state index in [1.165, 1.54) is 0 Å². The molecule has 1 N–H and O–H groups in total. The van der Waals surface area contributed by atoms with Gasteiger partial charge >= 0.3 is 0 Å². The first kappa shape index (κ1) is 12.4. The van der Waals surface area contributed by atoms with Gasteiger partial charge in [0.2, 0.25) is 0 Å². The van der Waals surface area contributed by atoms with E-state index in [-0.39, 0.29) is 5.75 Å². The fourth-order valence-corrected chi connectivity index (χ4v) is 2.18. The van der Waals surface area contributed by atoms with Gasteiger partial charge in [-0.15, -0.1) is 0 Å². The molecule has 3 aromatic rings. The molecule has 0 unspecified atom stereocenters. The highest BCUT2D eigenvalue weighted by Crippen LogP contribution is 2.29. The van der Waals surface area contributed by atoms with Crippen molar-refractivity contribution in [1.29, 1.82) is 0 Å². The van der Waals surface area contributed by atoms with Crippen LogP contribution in [0.2, 0.25) is 0 Å². The molecule has 0 bridgehead atoms. The molecule has 0 atom stereocenters. The third-order valence-electron chi connectivity index (χ3n) is 3.21. The van der Waals surface area contributed by atoms with Crippen molar-refractivity contribution >= 4 is 22.8 Å². The van der Waals surface area contributed by atoms with E-state index >= 15 is 0 Å². The number of aryl methyl sites for hydroxylation is 1. The highest BCUT2D eigenvalue weighted by atomic mass is 16.3. The molecule has 1 heterocycles. The molecule has 0 aliphatic rings. The number of hydrogen-bond acceptors (Lipinski definition) is 3. The molecule has 98 valence electrons. The number of nitrogens with zero attached hydrogens (tertiary/aromatic N) is 2. The number of aliphatic imine (C=N–C) groups is 1. The Balaban J connectivity index is 2.09. The number of fused-ring (bicyclic) bond motifs is 1. The van der Waals surface area contributed by atoms with E-state index < -0.39 is 0 Å². The molecule has 0 aliphatic heterocycles. The molecule has 0 amide bonds. The lowest BCUT2D eigenvalue weighted by molar-refractivity contribution is 0.479. The summed E-state index contributed by atoms with van der Waals surface area (Å²) in [6.07, 6.45) is 3.35. The average Bonchev–Trinajstić information content (AvgIpc) is 2.50. The van der Waals surface area contributed by atoms with Crippen LogP contribution in [0.5, 0.6) is 5.75 Å². The summed E-state index contributed by atoms with van der Waals surface area (Å²) in [4.78, 5) is 8.62. The van der Waals surface area contributed by atoms with E-state index in [2.05, 4.69) is 9.98 Å². The number of pyridine rings is 1. The van der Waals surface area contributed by atoms with Crippen molar-refractivity contribution in [3.8, 4) is 5.75 Å². The van der Waals surface area contributed by atoms with Crippen molar-refractivity contribution in [1.82, 2.24) is 4.98 Å². The number of phenolic OH excluding ortho intramolecular Hbond substituents is 1. The van der Waals surface area contributed by atoms with Crippen LogP contribution in [0.1, 0.15) is 11.1 Å². The van der Waals surface area contributed by atoms with Gasteiger partial charge in [-0.1, -0.05) is 24.3 Å². The lowest BCUT2D eigenvalue weighted by atomic mass is 10.0. The molecular weight excluding hydrogens is 248 g/mol. The van der Waals surface area contributed by atoms with Crippen LogP contribution in [0.4, 0.5) is 5.69 Å². The molecule has 1 aromatic heterocycles. The number of rotatable bonds is 2. The molecule has 3 nitrogen and oxygen atoms in total. The Bertz CT molecular complexity index is 780. The molecule has 0 aliphatic carbocycles. The number of aromatic nitrogens is 1. The van der Waals surface area contributed by atoms with Crippen LogP contribution in [-0.4, -0.2) is 16.3 Å². The van der Waals surface area contributed by atoms with Gasteiger partial charge in [0.05, 0.1) is 5.69 Å². The first-order chi connectivity index (χ1) is 9.75. The summed E-state index contributed by atoms with van der Waals surface area (Å²) in [6.45, 7) is 2.00. The van der Waals surface area contributed by atoms with E-state index in [9.17, 15) is 5.11 Å². The summed E-state index contributed by atoms with van der Waals surface area (Å²) in [6, 6.07) is 15.4. The van der Waals surface area contributed by atoms with E-state index in [0.717, 1.165) is 16.6 Å². The third kappa shape index (κ3) is 2.26. The molecular formula is C17H14N2O. The Labute approximate surface area is 117 Å². The maximum atomic E-state index is 10.3. The minimum atomic E-state index is 0.172. The second-order valence-electron chi connectivity index (χ2n) is 4.62. The van der Waals surface area contributed by atoms with Crippen molar-refractivity contribution < 1.29 is 5.11 Å². The first-order valence-electron chi connectivity index (χ1n) is 6.42. The van der Waals surface area contributed by atoms with Gasteiger partial charge in [0.1, 0.15) is 5.52 Å². The molecule has 0 spiro atoms. The monoisotopic (exact) mass is 262 g/mol. The summed E-state index contributed by atoms with van der Waals surface area (Å²) in [5, 5.41) is 11.3. The predicted octanol–water partition coefficient (Wildman–Crippen LogP) is 4.00. The molecule has 0 fully saturated rings. The summed E-state index contributed by atoms with van der Waals surface area (Å²) in [7, 11) is 0. The molecule has 3 heteroatoms. The minimum absolute atomic E-state index is 0.172. The van der Waals surface area contributed by atoms with Gasteiger partial charge in [-0.3, -0.25) is 9.98 Å². The van der Waals surface area contributed by atoms with Crippen LogP contribution in [0.3, 0.4) is 0 Å². The van der Waals surface area contributed by atoms with Crippen molar-refractivity contribution in [2.24, 2.45) is 4.99 Å². The van der Waals surface area contributed by atoms with Crippen LogP contribution < -0.4 is 0 Å². The van der Waals surface area contributed by atoms with Crippen LogP contribution >= 0.6 is 0 Å². The second-order valence-corrected chi connectivity index (χ2v) is 4.62. The normalized spacial score (nSPS) is 11.2. The van der Waals surface area contributed by atoms with Crippen molar-refractivity contribution in [3.05, 3.63) is 65.9 Å². The van der Waals surface area contributed by atoms with Crippen molar-refractivity contribution in [3.63, 3.8) is 0 Å². The highest BCUT2D eigenvalue weighted by Gasteiger charge is 2.08. The Morgan fingerprint density at radius 1 is 1.10 bits per heavy atom. The van der Waals surface area contributed by atoms with Crippen LogP contribution in [-0.2, 0) is 0 Å². The van der Waals surface area contributed by atoms with Crippen LogP contribution in [0, 0.1) is 6.92 Å². The fraction of sp³-hybridized carbons (Fsp3) is 0.0588. The molecule has 3 rings (SSSR count). The quantitative estimate of drug-likeness (QED) is 0.709. The van der Waals surface area contributed by atoms with Gasteiger partial charge in [0.25, 0.3) is 0 Å². The summed E-state index contributed by atoms with van der Waals surface area (Å²) >= 11 is 0. The van der Waals surface area contributed by atoms with E-state index in [0.29, 0.717) is 11.1 Å². The van der Waals surface area contributed by atoms with Crippen molar-refractivity contribution in [2.45, 2.75) is 6.92 Å².